The van der Waals surface area contributed by atoms with E-state index >= 15 is 0 Å². The molecule has 0 bridgehead atoms. The third-order valence-electron chi connectivity index (χ3n) is 2.89. The molecular formula is C16H16ClFN2OS. The molecule has 0 aliphatic carbocycles. The van der Waals surface area contributed by atoms with Gasteiger partial charge in [-0.2, -0.15) is 0 Å². The number of hydrogen-bond acceptors (Lipinski definition) is 3. The van der Waals surface area contributed by atoms with Gasteiger partial charge in [0.1, 0.15) is 5.82 Å². The van der Waals surface area contributed by atoms with Crippen LogP contribution < -0.4 is 5.32 Å². The lowest BCUT2D eigenvalue weighted by molar-refractivity contribution is -0.117. The zero-order valence-corrected chi connectivity index (χ0v) is 13.5. The lowest BCUT2D eigenvalue weighted by Crippen LogP contribution is -2.32. The molecule has 0 saturated heterocycles. The number of rotatable bonds is 7. The molecule has 2 aromatic rings. The SMILES string of the molecule is C=CCN(CC(=O)Nc1ccc(F)cc1)Cc1ccc(Cl)s1. The first-order valence-corrected chi connectivity index (χ1v) is 7.89. The van der Waals surface area contributed by atoms with Gasteiger partial charge in [0.05, 0.1) is 10.9 Å². The van der Waals surface area contributed by atoms with Crippen molar-refractivity contribution in [3.63, 3.8) is 0 Å². The number of amides is 1. The molecule has 2 rings (SSSR count). The molecule has 0 unspecified atom stereocenters. The van der Waals surface area contributed by atoms with Crippen LogP contribution in [0.3, 0.4) is 0 Å². The fraction of sp³-hybridized carbons (Fsp3) is 0.188. The van der Waals surface area contributed by atoms with E-state index in [-0.39, 0.29) is 18.3 Å². The van der Waals surface area contributed by atoms with Crippen LogP contribution in [0.15, 0.2) is 49.1 Å². The van der Waals surface area contributed by atoms with E-state index in [1.165, 1.54) is 35.6 Å². The van der Waals surface area contributed by atoms with Crippen LogP contribution in [0.1, 0.15) is 4.88 Å². The summed E-state index contributed by atoms with van der Waals surface area (Å²) in [5.41, 5.74) is 0.573. The van der Waals surface area contributed by atoms with Crippen LogP contribution in [0.25, 0.3) is 0 Å². The van der Waals surface area contributed by atoms with Crippen LogP contribution in [0.2, 0.25) is 4.34 Å². The number of benzene rings is 1. The van der Waals surface area contributed by atoms with E-state index in [1.807, 2.05) is 17.0 Å². The van der Waals surface area contributed by atoms with Gasteiger partial charge in [0.25, 0.3) is 0 Å². The molecule has 6 heteroatoms. The predicted molar refractivity (Wildman–Crippen MR) is 89.8 cm³/mol. The molecule has 22 heavy (non-hydrogen) atoms. The van der Waals surface area contributed by atoms with Crippen molar-refractivity contribution in [2.45, 2.75) is 6.54 Å². The Kier molecular flexibility index (Phi) is 6.12. The third-order valence-corrected chi connectivity index (χ3v) is 4.11. The molecule has 0 atom stereocenters. The molecule has 0 saturated carbocycles. The molecule has 1 aromatic carbocycles. The maximum Gasteiger partial charge on any atom is 0.238 e. The maximum absolute atomic E-state index is 12.8. The van der Waals surface area contributed by atoms with Crippen molar-refractivity contribution in [1.82, 2.24) is 4.90 Å². The average molecular weight is 339 g/mol. The van der Waals surface area contributed by atoms with E-state index in [0.717, 1.165) is 9.21 Å². The monoisotopic (exact) mass is 338 g/mol. The Morgan fingerprint density at radius 1 is 1.32 bits per heavy atom. The molecule has 0 aliphatic heterocycles. The van der Waals surface area contributed by atoms with Gasteiger partial charge < -0.3 is 5.32 Å². The van der Waals surface area contributed by atoms with Crippen LogP contribution in [-0.4, -0.2) is 23.9 Å². The molecule has 1 heterocycles. The lowest BCUT2D eigenvalue weighted by atomic mass is 10.3. The number of anilines is 1. The average Bonchev–Trinajstić information content (AvgIpc) is 2.87. The summed E-state index contributed by atoms with van der Waals surface area (Å²) in [6, 6.07) is 9.47. The van der Waals surface area contributed by atoms with Gasteiger partial charge in [-0.25, -0.2) is 4.39 Å². The Balaban J connectivity index is 1.93. The van der Waals surface area contributed by atoms with E-state index in [0.29, 0.717) is 18.8 Å². The molecule has 0 spiro atoms. The van der Waals surface area contributed by atoms with Crippen LogP contribution in [-0.2, 0) is 11.3 Å². The van der Waals surface area contributed by atoms with Crippen LogP contribution in [0, 0.1) is 5.82 Å². The first-order chi connectivity index (χ1) is 10.6. The number of carbonyl (C=O) groups excluding carboxylic acids is 1. The normalized spacial score (nSPS) is 10.7. The van der Waals surface area contributed by atoms with E-state index < -0.39 is 0 Å². The summed E-state index contributed by atoms with van der Waals surface area (Å²) >= 11 is 7.41. The van der Waals surface area contributed by atoms with Crippen LogP contribution in [0.5, 0.6) is 0 Å². The van der Waals surface area contributed by atoms with E-state index in [4.69, 9.17) is 11.6 Å². The largest absolute Gasteiger partial charge is 0.325 e. The van der Waals surface area contributed by atoms with Gasteiger partial charge in [0.2, 0.25) is 5.91 Å². The van der Waals surface area contributed by atoms with Crippen molar-refractivity contribution in [3.05, 3.63) is 64.1 Å². The Hall–Kier alpha value is -1.69. The fourth-order valence-corrected chi connectivity index (χ4v) is 3.09. The highest BCUT2D eigenvalue weighted by Crippen LogP contribution is 2.22. The van der Waals surface area contributed by atoms with Gasteiger partial charge in [-0.3, -0.25) is 9.69 Å². The first-order valence-electron chi connectivity index (χ1n) is 6.69. The summed E-state index contributed by atoms with van der Waals surface area (Å²) in [7, 11) is 0. The van der Waals surface area contributed by atoms with Crippen molar-refractivity contribution in [2.24, 2.45) is 0 Å². The topological polar surface area (TPSA) is 32.3 Å². The minimum atomic E-state index is -0.333. The number of hydrogen-bond donors (Lipinski definition) is 1. The Morgan fingerprint density at radius 2 is 2.05 bits per heavy atom. The summed E-state index contributed by atoms with van der Waals surface area (Å²) in [5, 5.41) is 2.74. The smallest absolute Gasteiger partial charge is 0.238 e. The minimum Gasteiger partial charge on any atom is -0.325 e. The zero-order chi connectivity index (χ0) is 15.9. The molecule has 116 valence electrons. The Morgan fingerprint density at radius 3 is 2.64 bits per heavy atom. The second-order valence-corrected chi connectivity index (χ2v) is 6.52. The van der Waals surface area contributed by atoms with Crippen molar-refractivity contribution in [2.75, 3.05) is 18.4 Å². The van der Waals surface area contributed by atoms with Crippen LogP contribution >= 0.6 is 22.9 Å². The van der Waals surface area contributed by atoms with E-state index in [9.17, 15) is 9.18 Å². The Labute approximate surface area is 138 Å². The second kappa shape index (κ2) is 8.08. The molecule has 1 amide bonds. The summed E-state index contributed by atoms with van der Waals surface area (Å²) in [6.45, 7) is 5.15. The highest BCUT2D eigenvalue weighted by atomic mass is 35.5. The summed E-state index contributed by atoms with van der Waals surface area (Å²) in [6.07, 6.45) is 1.75. The maximum atomic E-state index is 12.8. The first kappa shape index (κ1) is 16.7. The summed E-state index contributed by atoms with van der Waals surface area (Å²) in [5.74, 6) is -0.489. The summed E-state index contributed by atoms with van der Waals surface area (Å²) < 4.78 is 13.6. The lowest BCUT2D eigenvalue weighted by Gasteiger charge is -2.19. The number of halogens is 2. The van der Waals surface area contributed by atoms with Crippen molar-refractivity contribution < 1.29 is 9.18 Å². The van der Waals surface area contributed by atoms with Crippen LogP contribution in [0.4, 0.5) is 10.1 Å². The second-order valence-electron chi connectivity index (χ2n) is 4.72. The number of carbonyl (C=O) groups is 1. The van der Waals surface area contributed by atoms with Crippen molar-refractivity contribution in [3.8, 4) is 0 Å². The number of thiophene rings is 1. The third kappa shape index (κ3) is 5.26. The van der Waals surface area contributed by atoms with Gasteiger partial charge in [0.15, 0.2) is 0 Å². The van der Waals surface area contributed by atoms with Gasteiger partial charge in [-0.05, 0) is 36.4 Å². The molecule has 3 nitrogen and oxygen atoms in total. The van der Waals surface area contributed by atoms with Gasteiger partial charge in [-0.15, -0.1) is 17.9 Å². The zero-order valence-electron chi connectivity index (χ0n) is 11.9. The molecule has 0 radical (unpaired) electrons. The van der Waals surface area contributed by atoms with Gasteiger partial charge in [-0.1, -0.05) is 17.7 Å². The highest BCUT2D eigenvalue weighted by molar-refractivity contribution is 7.16. The molecule has 1 aromatic heterocycles. The number of nitrogens with one attached hydrogen (secondary N) is 1. The quantitative estimate of drug-likeness (QED) is 0.768. The highest BCUT2D eigenvalue weighted by Gasteiger charge is 2.11. The van der Waals surface area contributed by atoms with Gasteiger partial charge in [0, 0.05) is 23.7 Å². The van der Waals surface area contributed by atoms with Gasteiger partial charge >= 0.3 is 0 Å². The summed E-state index contributed by atoms with van der Waals surface area (Å²) in [4.78, 5) is 15.1. The van der Waals surface area contributed by atoms with Crippen molar-refractivity contribution in [1.29, 1.82) is 0 Å². The number of nitrogens with zero attached hydrogens (tertiary/aromatic N) is 1. The minimum absolute atomic E-state index is 0.156. The van der Waals surface area contributed by atoms with E-state index in [1.54, 1.807) is 6.08 Å². The predicted octanol–water partition coefficient (Wildman–Crippen LogP) is 4.17. The van der Waals surface area contributed by atoms with Crippen molar-refractivity contribution >= 4 is 34.5 Å². The molecular weight excluding hydrogens is 323 g/mol. The van der Waals surface area contributed by atoms with E-state index in [2.05, 4.69) is 11.9 Å². The molecule has 0 aliphatic rings. The molecule has 1 N–H and O–H groups in total. The fourth-order valence-electron chi connectivity index (χ4n) is 1.96. The standard InChI is InChI=1S/C16H16ClFN2OS/c1-2-9-20(10-14-7-8-15(17)22-14)11-16(21)19-13-5-3-12(18)4-6-13/h2-8H,1,9-11H2,(H,19,21). The Bertz CT molecular complexity index is 642. The molecule has 0 fully saturated rings.